The second-order valence-electron chi connectivity index (χ2n) is 4.81. The fraction of sp³-hybridized carbons (Fsp3) is 0.462. The van der Waals surface area contributed by atoms with Crippen LogP contribution in [0, 0.1) is 13.8 Å². The fourth-order valence-electron chi connectivity index (χ4n) is 2.08. The van der Waals surface area contributed by atoms with E-state index < -0.39 is 0 Å². The molecule has 0 aliphatic carbocycles. The lowest BCUT2D eigenvalue weighted by Gasteiger charge is -2.16. The summed E-state index contributed by atoms with van der Waals surface area (Å²) in [7, 11) is 5.49. The quantitative estimate of drug-likeness (QED) is 0.829. The topological polar surface area (TPSA) is 56.0 Å². The van der Waals surface area contributed by atoms with Crippen molar-refractivity contribution in [3.05, 3.63) is 34.9 Å². The van der Waals surface area contributed by atoms with E-state index in [-0.39, 0.29) is 5.91 Å². The third kappa shape index (κ3) is 2.52. The molecule has 19 heavy (non-hydrogen) atoms. The van der Waals surface area contributed by atoms with Gasteiger partial charge in [-0.15, -0.1) is 0 Å². The smallest absolute Gasteiger partial charge is 0.274 e. The summed E-state index contributed by atoms with van der Waals surface area (Å²) in [5.41, 5.74) is 3.59. The molecular weight excluding hydrogens is 242 g/mol. The molecule has 2 aromatic heterocycles. The SMILES string of the molecule is Cc1nn(C)c(C)c1CN(C)C(=O)c1ccn(C)n1. The Balaban J connectivity index is 2.17. The predicted octanol–water partition coefficient (Wildman–Crippen LogP) is 1.04. The zero-order chi connectivity index (χ0) is 14.2. The highest BCUT2D eigenvalue weighted by atomic mass is 16.2. The molecule has 0 N–H and O–H groups in total. The molecule has 0 bridgehead atoms. The summed E-state index contributed by atoms with van der Waals surface area (Å²) in [5, 5.41) is 8.49. The zero-order valence-corrected chi connectivity index (χ0v) is 12.0. The molecule has 0 spiro atoms. The Kier molecular flexibility index (Phi) is 3.42. The summed E-state index contributed by atoms with van der Waals surface area (Å²) in [6, 6.07) is 1.72. The molecule has 1 amide bonds. The Hall–Kier alpha value is -2.11. The van der Waals surface area contributed by atoms with Crippen molar-refractivity contribution in [3.8, 4) is 0 Å². The lowest BCUT2D eigenvalue weighted by Crippen LogP contribution is -2.27. The summed E-state index contributed by atoms with van der Waals surface area (Å²) in [6.07, 6.45) is 1.77. The molecule has 0 atom stereocenters. The summed E-state index contributed by atoms with van der Waals surface area (Å²) < 4.78 is 3.46. The predicted molar refractivity (Wildman–Crippen MR) is 71.7 cm³/mol. The van der Waals surface area contributed by atoms with Crippen LogP contribution in [0.3, 0.4) is 0 Å². The Morgan fingerprint density at radius 2 is 2.00 bits per heavy atom. The second kappa shape index (κ2) is 4.87. The molecule has 6 nitrogen and oxygen atoms in total. The average molecular weight is 261 g/mol. The van der Waals surface area contributed by atoms with E-state index in [1.165, 1.54) is 0 Å². The molecule has 0 aliphatic heterocycles. The van der Waals surface area contributed by atoms with E-state index in [9.17, 15) is 4.79 Å². The van der Waals surface area contributed by atoms with Gasteiger partial charge in [0.15, 0.2) is 0 Å². The monoisotopic (exact) mass is 261 g/mol. The lowest BCUT2D eigenvalue weighted by atomic mass is 10.2. The summed E-state index contributed by atoms with van der Waals surface area (Å²) >= 11 is 0. The van der Waals surface area contributed by atoms with Gasteiger partial charge in [0.05, 0.1) is 5.69 Å². The molecule has 2 heterocycles. The van der Waals surface area contributed by atoms with Gasteiger partial charge < -0.3 is 4.90 Å². The van der Waals surface area contributed by atoms with Gasteiger partial charge in [-0.2, -0.15) is 10.2 Å². The first-order valence-corrected chi connectivity index (χ1v) is 6.14. The van der Waals surface area contributed by atoms with Crippen molar-refractivity contribution < 1.29 is 4.79 Å². The minimum Gasteiger partial charge on any atom is -0.336 e. The first kappa shape index (κ1) is 13.3. The number of rotatable bonds is 3. The standard InChI is InChI=1S/C13H19N5O/c1-9-11(10(2)18(5)14-9)8-16(3)13(19)12-6-7-17(4)15-12/h6-7H,8H2,1-5H3. The Morgan fingerprint density at radius 1 is 1.32 bits per heavy atom. The van der Waals surface area contributed by atoms with Crippen LogP contribution in [0.4, 0.5) is 0 Å². The van der Waals surface area contributed by atoms with Crippen LogP contribution in [-0.4, -0.2) is 37.4 Å². The number of hydrogen-bond donors (Lipinski definition) is 0. The average Bonchev–Trinajstić information content (AvgIpc) is 2.88. The van der Waals surface area contributed by atoms with Crippen molar-refractivity contribution in [3.63, 3.8) is 0 Å². The third-order valence-corrected chi connectivity index (χ3v) is 3.33. The van der Waals surface area contributed by atoms with Crippen molar-refractivity contribution in [1.82, 2.24) is 24.5 Å². The normalized spacial score (nSPS) is 10.8. The van der Waals surface area contributed by atoms with Gasteiger partial charge in [-0.25, -0.2) is 0 Å². The zero-order valence-electron chi connectivity index (χ0n) is 12.0. The van der Waals surface area contributed by atoms with Gasteiger partial charge in [0.2, 0.25) is 0 Å². The molecule has 0 radical (unpaired) electrons. The largest absolute Gasteiger partial charge is 0.336 e. The van der Waals surface area contributed by atoms with Gasteiger partial charge >= 0.3 is 0 Å². The minimum atomic E-state index is -0.0803. The molecule has 0 fully saturated rings. The number of aryl methyl sites for hydroxylation is 3. The van der Waals surface area contributed by atoms with E-state index in [1.807, 2.05) is 25.6 Å². The van der Waals surface area contributed by atoms with Gasteiger partial charge in [0.25, 0.3) is 5.91 Å². The van der Waals surface area contributed by atoms with E-state index in [1.54, 1.807) is 35.9 Å². The fourth-order valence-corrected chi connectivity index (χ4v) is 2.08. The first-order chi connectivity index (χ1) is 8.90. The maximum atomic E-state index is 12.2. The van der Waals surface area contributed by atoms with Crippen molar-refractivity contribution in [2.45, 2.75) is 20.4 Å². The van der Waals surface area contributed by atoms with E-state index in [0.29, 0.717) is 12.2 Å². The molecule has 2 aromatic rings. The Labute approximate surface area is 112 Å². The van der Waals surface area contributed by atoms with Crippen LogP contribution in [0.5, 0.6) is 0 Å². The number of amides is 1. The molecule has 0 aromatic carbocycles. The highest BCUT2D eigenvalue weighted by molar-refractivity contribution is 5.91. The summed E-state index contributed by atoms with van der Waals surface area (Å²) in [6.45, 7) is 4.51. The number of carbonyl (C=O) groups is 1. The lowest BCUT2D eigenvalue weighted by molar-refractivity contribution is 0.0778. The number of carbonyl (C=O) groups excluding carboxylic acids is 1. The van der Waals surface area contributed by atoms with Crippen LogP contribution in [0.15, 0.2) is 12.3 Å². The Morgan fingerprint density at radius 3 is 2.47 bits per heavy atom. The molecule has 0 aliphatic rings. The van der Waals surface area contributed by atoms with Gasteiger partial charge in [-0.05, 0) is 19.9 Å². The van der Waals surface area contributed by atoms with E-state index in [0.717, 1.165) is 17.0 Å². The highest BCUT2D eigenvalue weighted by Gasteiger charge is 2.18. The van der Waals surface area contributed by atoms with Crippen LogP contribution < -0.4 is 0 Å². The van der Waals surface area contributed by atoms with Crippen LogP contribution in [0.25, 0.3) is 0 Å². The molecule has 0 unspecified atom stereocenters. The molecule has 0 saturated heterocycles. The van der Waals surface area contributed by atoms with Gasteiger partial charge in [-0.1, -0.05) is 0 Å². The number of nitrogens with zero attached hydrogens (tertiary/aromatic N) is 5. The molecular formula is C13H19N5O. The first-order valence-electron chi connectivity index (χ1n) is 6.14. The van der Waals surface area contributed by atoms with Crippen LogP contribution in [-0.2, 0) is 20.6 Å². The summed E-state index contributed by atoms with van der Waals surface area (Å²) in [4.78, 5) is 13.9. The highest BCUT2D eigenvalue weighted by Crippen LogP contribution is 2.15. The van der Waals surface area contributed by atoms with Crippen molar-refractivity contribution in [2.75, 3.05) is 7.05 Å². The molecule has 2 rings (SSSR count). The minimum absolute atomic E-state index is 0.0803. The molecule has 102 valence electrons. The van der Waals surface area contributed by atoms with E-state index in [2.05, 4.69) is 10.2 Å². The maximum Gasteiger partial charge on any atom is 0.274 e. The molecule has 6 heteroatoms. The maximum absolute atomic E-state index is 12.2. The summed E-state index contributed by atoms with van der Waals surface area (Å²) in [5.74, 6) is -0.0803. The van der Waals surface area contributed by atoms with Gasteiger partial charge in [-0.3, -0.25) is 14.2 Å². The Bertz CT molecular complexity index is 611. The van der Waals surface area contributed by atoms with Crippen LogP contribution in [0.1, 0.15) is 27.4 Å². The van der Waals surface area contributed by atoms with Crippen LogP contribution in [0.2, 0.25) is 0 Å². The second-order valence-corrected chi connectivity index (χ2v) is 4.81. The van der Waals surface area contributed by atoms with E-state index >= 15 is 0 Å². The van der Waals surface area contributed by atoms with Gasteiger partial charge in [0, 0.05) is 45.1 Å². The third-order valence-electron chi connectivity index (χ3n) is 3.33. The van der Waals surface area contributed by atoms with Crippen molar-refractivity contribution in [2.24, 2.45) is 14.1 Å². The number of aromatic nitrogens is 4. The van der Waals surface area contributed by atoms with Crippen LogP contribution >= 0.6 is 0 Å². The van der Waals surface area contributed by atoms with E-state index in [4.69, 9.17) is 0 Å². The van der Waals surface area contributed by atoms with Gasteiger partial charge in [0.1, 0.15) is 5.69 Å². The van der Waals surface area contributed by atoms with Crippen molar-refractivity contribution in [1.29, 1.82) is 0 Å². The molecule has 0 saturated carbocycles. The number of hydrogen-bond acceptors (Lipinski definition) is 3. The van der Waals surface area contributed by atoms with Crippen molar-refractivity contribution >= 4 is 5.91 Å².